The summed E-state index contributed by atoms with van der Waals surface area (Å²) in [6, 6.07) is 0. The van der Waals surface area contributed by atoms with Crippen LogP contribution in [0.3, 0.4) is 0 Å². The van der Waals surface area contributed by atoms with Crippen molar-refractivity contribution in [2.75, 3.05) is 20.2 Å². The lowest BCUT2D eigenvalue weighted by molar-refractivity contribution is -0.154. The highest BCUT2D eigenvalue weighted by Crippen LogP contribution is 2.35. The normalized spacial score (nSPS) is 32.8. The molecule has 6 heteroatoms. The highest BCUT2D eigenvalue weighted by atomic mass is 16.5. The van der Waals surface area contributed by atoms with Gasteiger partial charge in [0.1, 0.15) is 5.54 Å². The molecule has 3 rings (SSSR count). The van der Waals surface area contributed by atoms with Crippen molar-refractivity contribution in [2.24, 2.45) is 17.8 Å². The molecule has 1 saturated heterocycles. The molecular formula is C19H30N2O4. The molecule has 0 bridgehead atoms. The van der Waals surface area contributed by atoms with Crippen molar-refractivity contribution >= 4 is 17.8 Å². The van der Waals surface area contributed by atoms with Crippen molar-refractivity contribution in [1.82, 2.24) is 10.2 Å². The van der Waals surface area contributed by atoms with Crippen LogP contribution in [0.4, 0.5) is 0 Å². The number of hydrogen-bond donors (Lipinski definition) is 1. The van der Waals surface area contributed by atoms with Gasteiger partial charge in [0.05, 0.1) is 13.0 Å². The molecule has 2 aliphatic carbocycles. The molecule has 0 aromatic rings. The molecule has 0 unspecified atom stereocenters. The smallest absolute Gasteiger partial charge is 0.331 e. The van der Waals surface area contributed by atoms with E-state index in [2.05, 4.69) is 12.2 Å². The number of nitrogens with zero attached hydrogens (tertiary/aromatic N) is 1. The van der Waals surface area contributed by atoms with Crippen molar-refractivity contribution in [2.45, 2.75) is 63.8 Å². The van der Waals surface area contributed by atoms with E-state index in [-0.39, 0.29) is 29.6 Å². The third-order valence-corrected chi connectivity index (χ3v) is 6.10. The van der Waals surface area contributed by atoms with Gasteiger partial charge in [-0.1, -0.05) is 6.92 Å². The average Bonchev–Trinajstić information content (AvgIpc) is 3.47. The fraction of sp³-hybridized carbons (Fsp3) is 0.842. The second-order valence-electron chi connectivity index (χ2n) is 8.14. The quantitative estimate of drug-likeness (QED) is 0.786. The van der Waals surface area contributed by atoms with Crippen molar-refractivity contribution in [3.05, 3.63) is 0 Å². The van der Waals surface area contributed by atoms with Crippen LogP contribution in [0.25, 0.3) is 0 Å². The molecule has 1 atom stereocenters. The highest BCUT2D eigenvalue weighted by Gasteiger charge is 2.45. The van der Waals surface area contributed by atoms with Crippen LogP contribution in [0.1, 0.15) is 58.3 Å². The number of esters is 1. The van der Waals surface area contributed by atoms with Gasteiger partial charge in [0, 0.05) is 19.0 Å². The van der Waals surface area contributed by atoms with E-state index in [0.717, 1.165) is 45.1 Å². The second-order valence-corrected chi connectivity index (χ2v) is 8.14. The molecule has 0 spiro atoms. The van der Waals surface area contributed by atoms with Gasteiger partial charge in [-0.3, -0.25) is 9.59 Å². The molecule has 1 heterocycles. The van der Waals surface area contributed by atoms with Crippen molar-refractivity contribution < 1.29 is 19.1 Å². The summed E-state index contributed by atoms with van der Waals surface area (Å²) in [6.07, 6.45) is 6.66. The Morgan fingerprint density at radius 1 is 1.04 bits per heavy atom. The monoisotopic (exact) mass is 350 g/mol. The van der Waals surface area contributed by atoms with Gasteiger partial charge in [0.15, 0.2) is 0 Å². The van der Waals surface area contributed by atoms with Crippen LogP contribution in [0, 0.1) is 17.8 Å². The molecule has 3 aliphatic rings. The zero-order valence-electron chi connectivity index (χ0n) is 15.4. The van der Waals surface area contributed by atoms with Gasteiger partial charge < -0.3 is 15.0 Å². The summed E-state index contributed by atoms with van der Waals surface area (Å²) in [5, 5.41) is 3.03. The first kappa shape index (κ1) is 18.2. The van der Waals surface area contributed by atoms with E-state index in [1.54, 1.807) is 0 Å². The zero-order valence-corrected chi connectivity index (χ0v) is 15.4. The van der Waals surface area contributed by atoms with Crippen LogP contribution in [0.5, 0.6) is 0 Å². The SMILES string of the molecule is COC(=O)C1(NC(=O)[C@@H]2CCCN(C(=O)C3CC3)C2)CCC(C)CC1. The molecule has 0 aromatic carbocycles. The first-order valence-corrected chi connectivity index (χ1v) is 9.64. The maximum Gasteiger partial charge on any atom is 0.331 e. The van der Waals surface area contributed by atoms with Gasteiger partial charge in [-0.05, 0) is 57.3 Å². The second kappa shape index (κ2) is 7.34. The molecule has 0 aromatic heterocycles. The Bertz CT molecular complexity index is 536. The number of amides is 2. The number of nitrogens with one attached hydrogen (secondary N) is 1. The fourth-order valence-corrected chi connectivity index (χ4v) is 4.15. The van der Waals surface area contributed by atoms with Crippen molar-refractivity contribution in [1.29, 1.82) is 0 Å². The number of hydrogen-bond acceptors (Lipinski definition) is 4. The number of methoxy groups -OCH3 is 1. The largest absolute Gasteiger partial charge is 0.467 e. The minimum Gasteiger partial charge on any atom is -0.467 e. The zero-order chi connectivity index (χ0) is 18.0. The molecule has 1 aliphatic heterocycles. The predicted octanol–water partition coefficient (Wildman–Crippen LogP) is 1.87. The van der Waals surface area contributed by atoms with Gasteiger partial charge in [-0.2, -0.15) is 0 Å². The van der Waals surface area contributed by atoms with E-state index in [1.165, 1.54) is 7.11 Å². The number of carbonyl (C=O) groups excluding carboxylic acids is 3. The van der Waals surface area contributed by atoms with Crippen LogP contribution in [0.15, 0.2) is 0 Å². The molecule has 0 radical (unpaired) electrons. The first-order valence-electron chi connectivity index (χ1n) is 9.64. The number of likely N-dealkylation sites (tertiary alicyclic amines) is 1. The molecule has 1 N–H and O–H groups in total. The highest BCUT2D eigenvalue weighted by molar-refractivity contribution is 5.90. The Hall–Kier alpha value is -1.59. The number of carbonyl (C=O) groups is 3. The van der Waals surface area contributed by atoms with Crippen LogP contribution in [0.2, 0.25) is 0 Å². The van der Waals surface area contributed by atoms with Gasteiger partial charge in [0.2, 0.25) is 11.8 Å². The molecule has 6 nitrogen and oxygen atoms in total. The Labute approximate surface area is 149 Å². The van der Waals surface area contributed by atoms with E-state index in [1.807, 2.05) is 4.90 Å². The topological polar surface area (TPSA) is 75.7 Å². The number of piperidine rings is 1. The minimum absolute atomic E-state index is 0.103. The molecule has 140 valence electrons. The van der Waals surface area contributed by atoms with Crippen LogP contribution in [-0.2, 0) is 19.1 Å². The van der Waals surface area contributed by atoms with Gasteiger partial charge in [0.25, 0.3) is 0 Å². The summed E-state index contributed by atoms with van der Waals surface area (Å²) in [6.45, 7) is 3.40. The average molecular weight is 350 g/mol. The standard InChI is InChI=1S/C19H30N2O4/c1-13-7-9-19(10-8-13,18(24)25-2)20-16(22)15-4-3-11-21(12-15)17(23)14-5-6-14/h13-15H,3-12H2,1-2H3,(H,20,22)/t13?,15-,19?/m1/s1. The van der Waals surface area contributed by atoms with Gasteiger partial charge in [-0.15, -0.1) is 0 Å². The summed E-state index contributed by atoms with van der Waals surface area (Å²) < 4.78 is 5.00. The van der Waals surface area contributed by atoms with E-state index in [0.29, 0.717) is 25.3 Å². The third-order valence-electron chi connectivity index (χ3n) is 6.10. The lowest BCUT2D eigenvalue weighted by atomic mass is 9.76. The minimum atomic E-state index is -0.888. The number of rotatable bonds is 4. The maximum atomic E-state index is 12.9. The van der Waals surface area contributed by atoms with Gasteiger partial charge in [-0.25, -0.2) is 4.79 Å². The lowest BCUT2D eigenvalue weighted by Gasteiger charge is -2.39. The van der Waals surface area contributed by atoms with E-state index >= 15 is 0 Å². The first-order chi connectivity index (χ1) is 11.9. The summed E-state index contributed by atoms with van der Waals surface area (Å²) >= 11 is 0. The Morgan fingerprint density at radius 2 is 1.72 bits per heavy atom. The molecular weight excluding hydrogens is 320 g/mol. The summed E-state index contributed by atoms with van der Waals surface area (Å²) in [4.78, 5) is 39.4. The Kier molecular flexibility index (Phi) is 5.35. The van der Waals surface area contributed by atoms with Crippen LogP contribution >= 0.6 is 0 Å². The third kappa shape index (κ3) is 3.98. The van der Waals surface area contributed by atoms with Crippen LogP contribution in [-0.4, -0.2) is 48.4 Å². The summed E-state index contributed by atoms with van der Waals surface area (Å²) in [7, 11) is 1.38. The number of ether oxygens (including phenoxy) is 1. The molecule has 2 saturated carbocycles. The van der Waals surface area contributed by atoms with Gasteiger partial charge >= 0.3 is 5.97 Å². The van der Waals surface area contributed by atoms with E-state index in [9.17, 15) is 14.4 Å². The lowest BCUT2D eigenvalue weighted by Crippen LogP contribution is -2.59. The molecule has 25 heavy (non-hydrogen) atoms. The maximum absolute atomic E-state index is 12.9. The summed E-state index contributed by atoms with van der Waals surface area (Å²) in [5.74, 6) is 0.283. The summed E-state index contributed by atoms with van der Waals surface area (Å²) in [5.41, 5.74) is -0.888. The van der Waals surface area contributed by atoms with E-state index in [4.69, 9.17) is 4.74 Å². The molecule has 3 fully saturated rings. The predicted molar refractivity (Wildman–Crippen MR) is 92.5 cm³/mol. The fourth-order valence-electron chi connectivity index (χ4n) is 4.15. The van der Waals surface area contributed by atoms with E-state index < -0.39 is 5.54 Å². The van der Waals surface area contributed by atoms with Crippen LogP contribution < -0.4 is 5.32 Å². The Balaban J connectivity index is 1.64. The van der Waals surface area contributed by atoms with Crippen molar-refractivity contribution in [3.8, 4) is 0 Å². The Morgan fingerprint density at radius 3 is 2.32 bits per heavy atom. The molecule has 2 amide bonds. The van der Waals surface area contributed by atoms with Crippen molar-refractivity contribution in [3.63, 3.8) is 0 Å².